The van der Waals surface area contributed by atoms with Gasteiger partial charge in [0, 0.05) is 12.4 Å². The number of aromatic nitrogens is 1. The molecule has 0 aromatic carbocycles. The Morgan fingerprint density at radius 1 is 1.36 bits per heavy atom. The van der Waals surface area contributed by atoms with E-state index in [2.05, 4.69) is 9.72 Å². The molecule has 0 radical (unpaired) electrons. The molecule has 1 aliphatic heterocycles. The average molecular weight is 153 g/mol. The van der Waals surface area contributed by atoms with Crippen LogP contribution < -0.4 is 0 Å². The second-order valence-electron chi connectivity index (χ2n) is 2.16. The van der Waals surface area contributed by atoms with Crippen LogP contribution in [0.5, 0.6) is 0 Å². The smallest absolute Gasteiger partial charge is 0.104 e. The van der Waals surface area contributed by atoms with E-state index in [4.69, 9.17) is 5.11 Å². The van der Waals surface area contributed by atoms with Gasteiger partial charge in [0.2, 0.25) is 0 Å². The zero-order valence-corrected chi connectivity index (χ0v) is 6.18. The molecule has 1 atom stereocenters. The molecule has 11 heavy (non-hydrogen) atoms. The van der Waals surface area contributed by atoms with Crippen LogP contribution in [0.4, 0.5) is 0 Å². The molecule has 1 saturated heterocycles. The lowest BCUT2D eigenvalue weighted by atomic mass is 10.5. The molecule has 2 heterocycles. The van der Waals surface area contributed by atoms with Gasteiger partial charge >= 0.3 is 0 Å². The second-order valence-corrected chi connectivity index (χ2v) is 2.16. The normalized spacial score (nSPS) is 19.9. The molecule has 0 bridgehead atoms. The minimum atomic E-state index is 0.190. The molecule has 1 fully saturated rings. The van der Waals surface area contributed by atoms with Crippen molar-refractivity contribution in [3.63, 3.8) is 0 Å². The van der Waals surface area contributed by atoms with Crippen LogP contribution >= 0.6 is 0 Å². The number of aliphatic hydroxyl groups excluding tert-OH is 1. The molecule has 60 valence electrons. The van der Waals surface area contributed by atoms with E-state index < -0.39 is 0 Å². The summed E-state index contributed by atoms with van der Waals surface area (Å²) in [5, 5.41) is 8.08. The molecule has 1 N–H and O–H groups in total. The average Bonchev–Trinajstić information content (AvgIpc) is 2.91. The Kier molecular flexibility index (Phi) is 3.58. The summed E-state index contributed by atoms with van der Waals surface area (Å²) in [6, 6.07) is 5.72. The predicted molar refractivity (Wildman–Crippen MR) is 41.1 cm³/mol. The molecule has 1 aliphatic rings. The van der Waals surface area contributed by atoms with Crippen LogP contribution in [-0.4, -0.2) is 29.4 Å². The van der Waals surface area contributed by atoms with Crippen molar-refractivity contribution in [3.8, 4) is 0 Å². The van der Waals surface area contributed by atoms with Gasteiger partial charge in [-0.05, 0) is 12.1 Å². The molecule has 0 aliphatic carbocycles. The monoisotopic (exact) mass is 153 g/mol. The highest BCUT2D eigenvalue weighted by Crippen LogP contribution is 2.04. The van der Waals surface area contributed by atoms with Crippen molar-refractivity contribution in [2.24, 2.45) is 0 Å². The lowest BCUT2D eigenvalue weighted by Gasteiger charge is -1.70. The van der Waals surface area contributed by atoms with Gasteiger partial charge in [-0.3, -0.25) is 4.98 Å². The summed E-state index contributed by atoms with van der Waals surface area (Å²) in [7, 11) is 0. The number of pyridine rings is 1. The second kappa shape index (κ2) is 4.82. The molecule has 0 amide bonds. The first-order chi connectivity index (χ1) is 5.43. The maximum atomic E-state index is 8.08. The van der Waals surface area contributed by atoms with Gasteiger partial charge in [0.25, 0.3) is 0 Å². The Morgan fingerprint density at radius 3 is 2.09 bits per heavy atom. The largest absolute Gasteiger partial charge is 0.394 e. The fourth-order valence-electron chi connectivity index (χ4n) is 0.486. The van der Waals surface area contributed by atoms with Crippen LogP contribution in [0.1, 0.15) is 0 Å². The summed E-state index contributed by atoms with van der Waals surface area (Å²) in [4.78, 5) is 3.78. The molecule has 1 aromatic rings. The third-order valence-electron chi connectivity index (χ3n) is 1.17. The van der Waals surface area contributed by atoms with Gasteiger partial charge in [-0.15, -0.1) is 0 Å². The highest BCUT2D eigenvalue weighted by atomic mass is 16.6. The topological polar surface area (TPSA) is 45.6 Å². The first-order valence-corrected chi connectivity index (χ1v) is 3.51. The zero-order chi connectivity index (χ0) is 7.94. The molecular formula is C8H11NO2. The van der Waals surface area contributed by atoms with Crippen LogP contribution in [0, 0.1) is 0 Å². The van der Waals surface area contributed by atoms with Crippen molar-refractivity contribution >= 4 is 0 Å². The van der Waals surface area contributed by atoms with E-state index in [1.54, 1.807) is 12.4 Å². The van der Waals surface area contributed by atoms with Gasteiger partial charge in [-0.1, -0.05) is 6.07 Å². The molecule has 1 unspecified atom stereocenters. The van der Waals surface area contributed by atoms with Crippen molar-refractivity contribution < 1.29 is 9.84 Å². The highest BCUT2D eigenvalue weighted by Gasteiger charge is 2.19. The molecule has 0 saturated carbocycles. The first kappa shape index (κ1) is 8.17. The van der Waals surface area contributed by atoms with Gasteiger partial charge in [0.05, 0.1) is 13.2 Å². The first-order valence-electron chi connectivity index (χ1n) is 3.51. The van der Waals surface area contributed by atoms with Gasteiger partial charge in [-0.25, -0.2) is 0 Å². The third kappa shape index (κ3) is 4.47. The summed E-state index contributed by atoms with van der Waals surface area (Å²) in [5.74, 6) is 0. The third-order valence-corrected chi connectivity index (χ3v) is 1.17. The van der Waals surface area contributed by atoms with E-state index in [9.17, 15) is 0 Å². The van der Waals surface area contributed by atoms with Crippen molar-refractivity contribution in [2.45, 2.75) is 6.10 Å². The lowest BCUT2D eigenvalue weighted by Crippen LogP contribution is -1.88. The number of nitrogens with zero attached hydrogens (tertiary/aromatic N) is 1. The number of ether oxygens (including phenoxy) is 1. The maximum absolute atomic E-state index is 8.08. The SMILES string of the molecule is OCC1CO1.c1ccncc1. The van der Waals surface area contributed by atoms with Crippen molar-refractivity contribution in [1.29, 1.82) is 0 Å². The molecule has 1 aromatic heterocycles. The van der Waals surface area contributed by atoms with Gasteiger partial charge in [-0.2, -0.15) is 0 Å². The Balaban J connectivity index is 0.000000112. The van der Waals surface area contributed by atoms with E-state index >= 15 is 0 Å². The Morgan fingerprint density at radius 2 is 2.00 bits per heavy atom. The predicted octanol–water partition coefficient (Wildman–Crippen LogP) is 0.459. The van der Waals surface area contributed by atoms with E-state index in [1.807, 2.05) is 18.2 Å². The Bertz CT molecular complexity index is 148. The van der Waals surface area contributed by atoms with Gasteiger partial charge < -0.3 is 9.84 Å². The van der Waals surface area contributed by atoms with Crippen LogP contribution in [0.3, 0.4) is 0 Å². The molecule has 3 nitrogen and oxygen atoms in total. The van der Waals surface area contributed by atoms with E-state index in [0.29, 0.717) is 0 Å². The maximum Gasteiger partial charge on any atom is 0.104 e. The van der Waals surface area contributed by atoms with Gasteiger partial charge in [0.15, 0.2) is 0 Å². The Hall–Kier alpha value is -0.930. The summed E-state index contributed by atoms with van der Waals surface area (Å²) in [6.07, 6.45) is 3.69. The minimum Gasteiger partial charge on any atom is -0.394 e. The van der Waals surface area contributed by atoms with E-state index in [1.165, 1.54) is 0 Å². The Labute approximate surface area is 65.7 Å². The van der Waals surface area contributed by atoms with Crippen LogP contribution in [0.2, 0.25) is 0 Å². The highest BCUT2D eigenvalue weighted by molar-refractivity contribution is 4.88. The number of epoxide rings is 1. The molecule has 2 rings (SSSR count). The van der Waals surface area contributed by atoms with Crippen molar-refractivity contribution in [3.05, 3.63) is 30.6 Å². The van der Waals surface area contributed by atoms with Gasteiger partial charge in [0.1, 0.15) is 6.10 Å². The van der Waals surface area contributed by atoms with Crippen LogP contribution in [0.25, 0.3) is 0 Å². The molecular weight excluding hydrogens is 142 g/mol. The van der Waals surface area contributed by atoms with E-state index in [0.717, 1.165) is 6.61 Å². The number of aliphatic hydroxyl groups is 1. The minimum absolute atomic E-state index is 0.190. The van der Waals surface area contributed by atoms with Crippen molar-refractivity contribution in [2.75, 3.05) is 13.2 Å². The molecule has 0 spiro atoms. The summed E-state index contributed by atoms with van der Waals surface area (Å²) in [5.41, 5.74) is 0. The number of rotatable bonds is 1. The zero-order valence-electron chi connectivity index (χ0n) is 6.18. The molecule has 3 heteroatoms. The van der Waals surface area contributed by atoms with Crippen molar-refractivity contribution in [1.82, 2.24) is 4.98 Å². The standard InChI is InChI=1S/C5H5N.C3H6O2/c1-2-4-6-5-3-1;4-1-3-2-5-3/h1-5H;3-4H,1-2H2. The number of hydrogen-bond acceptors (Lipinski definition) is 3. The van der Waals surface area contributed by atoms with Crippen LogP contribution in [-0.2, 0) is 4.74 Å². The van der Waals surface area contributed by atoms with E-state index in [-0.39, 0.29) is 12.7 Å². The van der Waals surface area contributed by atoms with Crippen LogP contribution in [0.15, 0.2) is 30.6 Å². The summed E-state index contributed by atoms with van der Waals surface area (Å²) >= 11 is 0. The summed E-state index contributed by atoms with van der Waals surface area (Å²) < 4.78 is 4.61. The lowest BCUT2D eigenvalue weighted by molar-refractivity contribution is 0.244. The summed E-state index contributed by atoms with van der Waals surface area (Å²) in [6.45, 7) is 0.955. The number of hydrogen-bond donors (Lipinski definition) is 1. The fraction of sp³-hybridized carbons (Fsp3) is 0.375. The fourth-order valence-corrected chi connectivity index (χ4v) is 0.486. The quantitative estimate of drug-likeness (QED) is 0.596.